The molecule has 0 spiro atoms. The number of rotatable bonds is 1. The molecule has 0 unspecified atom stereocenters. The van der Waals surface area contributed by atoms with Crippen LogP contribution < -0.4 is 5.56 Å². The van der Waals surface area contributed by atoms with Crippen molar-refractivity contribution in [3.63, 3.8) is 0 Å². The Balaban J connectivity index is 1.97. The molecule has 112 valence electrons. The standard InChI is InChI=1S/C17H15ClN2OS/c18-12-7-5-11(6-8-12)13-10-22-16-15(13)17(21)20-9-3-1-2-4-14(20)19-16/h5-8,10H,1-4,9H2. The summed E-state index contributed by atoms with van der Waals surface area (Å²) in [6, 6.07) is 7.63. The van der Waals surface area contributed by atoms with Gasteiger partial charge >= 0.3 is 0 Å². The van der Waals surface area contributed by atoms with Gasteiger partial charge in [-0.3, -0.25) is 9.36 Å². The fourth-order valence-corrected chi connectivity index (χ4v) is 4.14. The maximum absolute atomic E-state index is 13.0. The number of halogens is 1. The molecule has 3 nitrogen and oxygen atoms in total. The van der Waals surface area contributed by atoms with E-state index in [9.17, 15) is 4.79 Å². The Morgan fingerprint density at radius 2 is 1.95 bits per heavy atom. The van der Waals surface area contributed by atoms with Crippen LogP contribution in [0.25, 0.3) is 21.3 Å². The highest BCUT2D eigenvalue weighted by Gasteiger charge is 2.18. The van der Waals surface area contributed by atoms with E-state index in [1.807, 2.05) is 34.2 Å². The van der Waals surface area contributed by atoms with Crippen LogP contribution in [0.5, 0.6) is 0 Å². The summed E-state index contributed by atoms with van der Waals surface area (Å²) in [7, 11) is 0. The molecule has 5 heteroatoms. The average molecular weight is 331 g/mol. The lowest BCUT2D eigenvalue weighted by atomic mass is 10.1. The second-order valence-corrected chi connectivity index (χ2v) is 6.93. The van der Waals surface area contributed by atoms with E-state index in [2.05, 4.69) is 0 Å². The molecule has 1 aromatic carbocycles. The molecular weight excluding hydrogens is 316 g/mol. The number of hydrogen-bond donors (Lipinski definition) is 0. The van der Waals surface area contributed by atoms with E-state index >= 15 is 0 Å². The van der Waals surface area contributed by atoms with E-state index in [0.717, 1.165) is 53.0 Å². The van der Waals surface area contributed by atoms with Gasteiger partial charge in [0.15, 0.2) is 0 Å². The Labute approximate surface area is 137 Å². The highest BCUT2D eigenvalue weighted by Crippen LogP contribution is 2.32. The maximum Gasteiger partial charge on any atom is 0.262 e. The summed E-state index contributed by atoms with van der Waals surface area (Å²) >= 11 is 7.51. The van der Waals surface area contributed by atoms with Gasteiger partial charge in [-0.2, -0.15) is 0 Å². The summed E-state index contributed by atoms with van der Waals surface area (Å²) in [4.78, 5) is 18.6. The second-order valence-electron chi connectivity index (χ2n) is 5.63. The summed E-state index contributed by atoms with van der Waals surface area (Å²) in [5, 5.41) is 3.48. The number of thiophene rings is 1. The molecule has 0 saturated carbocycles. The first-order valence-corrected chi connectivity index (χ1v) is 8.76. The zero-order chi connectivity index (χ0) is 15.1. The number of aryl methyl sites for hydroxylation is 1. The zero-order valence-electron chi connectivity index (χ0n) is 12.0. The van der Waals surface area contributed by atoms with Crippen LogP contribution in [0.15, 0.2) is 34.4 Å². The minimum absolute atomic E-state index is 0.105. The van der Waals surface area contributed by atoms with Gasteiger partial charge in [0, 0.05) is 28.9 Å². The Bertz CT molecular complexity index is 895. The predicted molar refractivity (Wildman–Crippen MR) is 91.9 cm³/mol. The third kappa shape index (κ3) is 2.27. The van der Waals surface area contributed by atoms with Gasteiger partial charge in [0.2, 0.25) is 0 Å². The van der Waals surface area contributed by atoms with Crippen LogP contribution in [0.2, 0.25) is 5.02 Å². The van der Waals surface area contributed by atoms with Crippen molar-refractivity contribution in [3.8, 4) is 11.1 Å². The van der Waals surface area contributed by atoms with Gasteiger partial charge in [0.05, 0.1) is 5.39 Å². The van der Waals surface area contributed by atoms with Crippen LogP contribution in [-0.2, 0) is 13.0 Å². The Morgan fingerprint density at radius 1 is 1.14 bits per heavy atom. The fraction of sp³-hybridized carbons (Fsp3) is 0.294. The van der Waals surface area contributed by atoms with Crippen molar-refractivity contribution in [2.24, 2.45) is 0 Å². The smallest absolute Gasteiger partial charge is 0.262 e. The fourth-order valence-electron chi connectivity index (χ4n) is 3.06. The van der Waals surface area contributed by atoms with Crippen molar-refractivity contribution >= 4 is 33.2 Å². The van der Waals surface area contributed by atoms with Crippen molar-refractivity contribution in [3.05, 3.63) is 50.8 Å². The van der Waals surface area contributed by atoms with Gasteiger partial charge in [-0.25, -0.2) is 4.98 Å². The summed E-state index contributed by atoms with van der Waals surface area (Å²) in [5.41, 5.74) is 2.09. The molecule has 0 fully saturated rings. The van der Waals surface area contributed by atoms with Crippen LogP contribution in [0, 0.1) is 0 Å². The minimum Gasteiger partial charge on any atom is -0.296 e. The van der Waals surface area contributed by atoms with Crippen LogP contribution in [0.1, 0.15) is 25.1 Å². The normalized spacial score (nSPS) is 14.8. The second kappa shape index (κ2) is 5.52. The number of nitrogens with zero attached hydrogens (tertiary/aromatic N) is 2. The van der Waals surface area contributed by atoms with Crippen LogP contribution in [0.4, 0.5) is 0 Å². The molecule has 0 aliphatic carbocycles. The van der Waals surface area contributed by atoms with E-state index in [4.69, 9.17) is 16.6 Å². The first-order chi connectivity index (χ1) is 10.7. The van der Waals surface area contributed by atoms with E-state index in [1.54, 1.807) is 11.3 Å². The number of benzene rings is 1. The molecule has 4 rings (SSSR count). The molecular formula is C17H15ClN2OS. The summed E-state index contributed by atoms with van der Waals surface area (Å²) in [6.45, 7) is 0.785. The van der Waals surface area contributed by atoms with Crippen LogP contribution in [-0.4, -0.2) is 9.55 Å². The maximum atomic E-state index is 13.0. The zero-order valence-corrected chi connectivity index (χ0v) is 13.6. The lowest BCUT2D eigenvalue weighted by molar-refractivity contribution is 0.614. The molecule has 22 heavy (non-hydrogen) atoms. The topological polar surface area (TPSA) is 34.9 Å². The Hall–Kier alpha value is -1.65. The highest BCUT2D eigenvalue weighted by molar-refractivity contribution is 7.17. The van der Waals surface area contributed by atoms with Gasteiger partial charge in [-0.15, -0.1) is 11.3 Å². The minimum atomic E-state index is 0.105. The molecule has 0 atom stereocenters. The van der Waals surface area contributed by atoms with Crippen LogP contribution >= 0.6 is 22.9 Å². The molecule has 2 aromatic heterocycles. The number of hydrogen-bond acceptors (Lipinski definition) is 3. The Morgan fingerprint density at radius 3 is 2.77 bits per heavy atom. The molecule has 3 aromatic rings. The first-order valence-electron chi connectivity index (χ1n) is 7.51. The summed E-state index contributed by atoms with van der Waals surface area (Å²) in [5.74, 6) is 0.944. The highest BCUT2D eigenvalue weighted by atomic mass is 35.5. The van der Waals surface area contributed by atoms with E-state index in [0.29, 0.717) is 5.02 Å². The van der Waals surface area contributed by atoms with Crippen LogP contribution in [0.3, 0.4) is 0 Å². The largest absolute Gasteiger partial charge is 0.296 e. The van der Waals surface area contributed by atoms with Gasteiger partial charge in [0.1, 0.15) is 10.7 Å². The number of aromatic nitrogens is 2. The third-order valence-electron chi connectivity index (χ3n) is 4.21. The van der Waals surface area contributed by atoms with Gasteiger partial charge in [-0.1, -0.05) is 30.2 Å². The third-order valence-corrected chi connectivity index (χ3v) is 5.33. The van der Waals surface area contributed by atoms with Crippen molar-refractivity contribution in [1.82, 2.24) is 9.55 Å². The van der Waals surface area contributed by atoms with Gasteiger partial charge < -0.3 is 0 Å². The molecule has 0 amide bonds. The molecule has 3 heterocycles. The first kappa shape index (κ1) is 14.0. The molecule has 1 aliphatic heterocycles. The molecule has 0 saturated heterocycles. The molecule has 0 radical (unpaired) electrons. The SMILES string of the molecule is O=c1c2c(-c3ccc(Cl)cc3)csc2nc2n1CCCCC2. The van der Waals surface area contributed by atoms with Gasteiger partial charge in [0.25, 0.3) is 5.56 Å². The molecule has 0 N–H and O–H groups in total. The summed E-state index contributed by atoms with van der Waals surface area (Å²) in [6.07, 6.45) is 4.24. The van der Waals surface area contributed by atoms with Crippen molar-refractivity contribution in [2.45, 2.75) is 32.2 Å². The monoisotopic (exact) mass is 330 g/mol. The molecule has 0 bridgehead atoms. The lowest BCUT2D eigenvalue weighted by Gasteiger charge is -2.09. The van der Waals surface area contributed by atoms with E-state index in [1.165, 1.54) is 6.42 Å². The van der Waals surface area contributed by atoms with Crippen molar-refractivity contribution < 1.29 is 0 Å². The van der Waals surface area contributed by atoms with Crippen molar-refractivity contribution in [1.29, 1.82) is 0 Å². The van der Waals surface area contributed by atoms with E-state index < -0.39 is 0 Å². The molecule has 1 aliphatic rings. The quantitative estimate of drug-likeness (QED) is 0.658. The summed E-state index contributed by atoms with van der Waals surface area (Å²) < 4.78 is 1.88. The van der Waals surface area contributed by atoms with Crippen molar-refractivity contribution in [2.75, 3.05) is 0 Å². The predicted octanol–water partition coefficient (Wildman–Crippen LogP) is 4.50. The Kier molecular flexibility index (Phi) is 3.51. The number of fused-ring (bicyclic) bond motifs is 2. The van der Waals surface area contributed by atoms with E-state index in [-0.39, 0.29) is 5.56 Å². The lowest BCUT2D eigenvalue weighted by Crippen LogP contribution is -2.24. The van der Waals surface area contributed by atoms with Gasteiger partial charge in [-0.05, 0) is 30.5 Å². The average Bonchev–Trinajstić information content (AvgIpc) is 2.79.